The minimum atomic E-state index is 0.0579. The maximum absolute atomic E-state index is 5.73. The van der Waals surface area contributed by atoms with Gasteiger partial charge in [-0.25, -0.2) is 0 Å². The van der Waals surface area contributed by atoms with Crippen molar-refractivity contribution in [1.29, 1.82) is 0 Å². The molecule has 1 saturated carbocycles. The maximum Gasteiger partial charge on any atom is 0.189 e. The summed E-state index contributed by atoms with van der Waals surface area (Å²) >= 11 is 0. The summed E-state index contributed by atoms with van der Waals surface area (Å²) < 4.78 is 21.8. The first-order valence-electron chi connectivity index (χ1n) is 10.2. The molecule has 1 aliphatic rings. The van der Waals surface area contributed by atoms with Crippen molar-refractivity contribution in [2.45, 2.75) is 31.1 Å². The molecule has 29 heavy (non-hydrogen) atoms. The van der Waals surface area contributed by atoms with E-state index in [9.17, 15) is 0 Å². The van der Waals surface area contributed by atoms with Crippen molar-refractivity contribution in [3.63, 3.8) is 0 Å². The number of rotatable bonds is 12. The SMILES string of the molecule is C=CCOCOc1ccc(C2(c3ccc(OCCOC=C)cc3)CCCC2)cc1. The van der Waals surface area contributed by atoms with Crippen LogP contribution >= 0.6 is 0 Å². The van der Waals surface area contributed by atoms with Crippen molar-refractivity contribution in [3.8, 4) is 11.5 Å². The van der Waals surface area contributed by atoms with E-state index in [4.69, 9.17) is 18.9 Å². The van der Waals surface area contributed by atoms with Crippen LogP contribution in [0.1, 0.15) is 36.8 Å². The summed E-state index contributed by atoms with van der Waals surface area (Å²) in [6.45, 7) is 8.89. The maximum atomic E-state index is 5.73. The summed E-state index contributed by atoms with van der Waals surface area (Å²) in [5, 5.41) is 0. The van der Waals surface area contributed by atoms with Crippen LogP contribution in [0.3, 0.4) is 0 Å². The highest BCUT2D eigenvalue weighted by atomic mass is 16.7. The standard InChI is InChI=1S/C25H30O4/c1-3-17-27-20-29-24-13-9-22(10-14-24)25(15-5-6-16-25)21-7-11-23(12-8-21)28-19-18-26-4-2/h3-4,7-14H,1-2,5-6,15-20H2. The molecule has 0 heterocycles. The minimum Gasteiger partial charge on any atom is -0.498 e. The van der Waals surface area contributed by atoms with Gasteiger partial charge in [0.1, 0.15) is 24.7 Å². The molecule has 4 nitrogen and oxygen atoms in total. The highest BCUT2D eigenvalue weighted by Crippen LogP contribution is 2.47. The molecular weight excluding hydrogens is 364 g/mol. The molecule has 154 valence electrons. The lowest BCUT2D eigenvalue weighted by Crippen LogP contribution is -2.23. The van der Waals surface area contributed by atoms with Gasteiger partial charge >= 0.3 is 0 Å². The van der Waals surface area contributed by atoms with E-state index >= 15 is 0 Å². The monoisotopic (exact) mass is 394 g/mol. The number of ether oxygens (including phenoxy) is 4. The Morgan fingerprint density at radius 1 is 0.793 bits per heavy atom. The Morgan fingerprint density at radius 2 is 1.38 bits per heavy atom. The number of hydrogen-bond donors (Lipinski definition) is 0. The first-order chi connectivity index (χ1) is 14.3. The Kier molecular flexibility index (Phi) is 7.77. The van der Waals surface area contributed by atoms with Crippen molar-refractivity contribution >= 4 is 0 Å². The first-order valence-corrected chi connectivity index (χ1v) is 10.2. The third-order valence-corrected chi connectivity index (χ3v) is 5.40. The van der Waals surface area contributed by atoms with Crippen LogP contribution in [0.2, 0.25) is 0 Å². The molecule has 2 aromatic rings. The summed E-state index contributed by atoms with van der Waals surface area (Å²) in [6.07, 6.45) is 7.93. The zero-order chi connectivity index (χ0) is 20.4. The van der Waals surface area contributed by atoms with E-state index in [1.165, 1.54) is 30.2 Å². The van der Waals surface area contributed by atoms with Crippen molar-refractivity contribution in [3.05, 3.63) is 85.2 Å². The summed E-state index contributed by atoms with van der Waals surface area (Å²) in [5.41, 5.74) is 2.73. The molecule has 0 atom stereocenters. The zero-order valence-electron chi connectivity index (χ0n) is 17.0. The third-order valence-electron chi connectivity index (χ3n) is 5.40. The summed E-state index contributed by atoms with van der Waals surface area (Å²) in [4.78, 5) is 0. The molecular formula is C25H30O4. The molecule has 4 heteroatoms. The van der Waals surface area contributed by atoms with Crippen LogP contribution in [-0.4, -0.2) is 26.6 Å². The van der Waals surface area contributed by atoms with E-state index < -0.39 is 0 Å². The fourth-order valence-corrected chi connectivity index (χ4v) is 4.00. The Labute approximate surface area is 173 Å². The number of benzene rings is 2. The lowest BCUT2D eigenvalue weighted by atomic mass is 9.73. The van der Waals surface area contributed by atoms with Crippen molar-refractivity contribution in [2.24, 2.45) is 0 Å². The van der Waals surface area contributed by atoms with Gasteiger partial charge in [0.25, 0.3) is 0 Å². The lowest BCUT2D eigenvalue weighted by molar-refractivity contribution is 0.0307. The average Bonchev–Trinajstić information content (AvgIpc) is 3.26. The highest BCUT2D eigenvalue weighted by molar-refractivity contribution is 5.44. The molecule has 0 unspecified atom stereocenters. The highest BCUT2D eigenvalue weighted by Gasteiger charge is 2.37. The van der Waals surface area contributed by atoms with Gasteiger partial charge in [-0.1, -0.05) is 49.8 Å². The van der Waals surface area contributed by atoms with Gasteiger partial charge in [-0.05, 0) is 48.2 Å². The third kappa shape index (κ3) is 5.42. The second kappa shape index (κ2) is 10.7. The van der Waals surface area contributed by atoms with Gasteiger partial charge in [0.2, 0.25) is 0 Å². The molecule has 0 spiro atoms. The van der Waals surface area contributed by atoms with Crippen molar-refractivity contribution < 1.29 is 18.9 Å². The minimum absolute atomic E-state index is 0.0579. The van der Waals surface area contributed by atoms with Gasteiger partial charge in [0.15, 0.2) is 6.79 Å². The van der Waals surface area contributed by atoms with Gasteiger partial charge < -0.3 is 18.9 Å². The average molecular weight is 395 g/mol. The van der Waals surface area contributed by atoms with Crippen LogP contribution < -0.4 is 9.47 Å². The quantitative estimate of drug-likeness (QED) is 0.202. The molecule has 1 aliphatic carbocycles. The molecule has 0 aliphatic heterocycles. The molecule has 0 aromatic heterocycles. The fraction of sp³-hybridized carbons (Fsp3) is 0.360. The van der Waals surface area contributed by atoms with Crippen LogP contribution in [0.15, 0.2) is 74.0 Å². The predicted molar refractivity (Wildman–Crippen MR) is 115 cm³/mol. The fourth-order valence-electron chi connectivity index (χ4n) is 4.00. The Hall–Kier alpha value is -2.72. The summed E-state index contributed by atoms with van der Waals surface area (Å²) in [6, 6.07) is 16.9. The molecule has 0 radical (unpaired) electrons. The van der Waals surface area contributed by atoms with Crippen LogP contribution in [0, 0.1) is 0 Å². The smallest absolute Gasteiger partial charge is 0.189 e. The normalized spacial score (nSPS) is 14.9. The second-order valence-corrected chi connectivity index (χ2v) is 7.15. The van der Waals surface area contributed by atoms with Gasteiger partial charge in [-0.2, -0.15) is 0 Å². The van der Waals surface area contributed by atoms with E-state index in [1.807, 2.05) is 12.1 Å². The van der Waals surface area contributed by atoms with Crippen LogP contribution in [0.5, 0.6) is 11.5 Å². The lowest BCUT2D eigenvalue weighted by Gasteiger charge is -2.31. The molecule has 1 fully saturated rings. The van der Waals surface area contributed by atoms with E-state index in [-0.39, 0.29) is 12.2 Å². The largest absolute Gasteiger partial charge is 0.498 e. The summed E-state index contributed by atoms with van der Waals surface area (Å²) in [5.74, 6) is 1.68. The zero-order valence-corrected chi connectivity index (χ0v) is 17.0. The second-order valence-electron chi connectivity index (χ2n) is 7.15. The Morgan fingerprint density at radius 3 is 1.93 bits per heavy atom. The van der Waals surface area contributed by atoms with Crippen molar-refractivity contribution in [1.82, 2.24) is 0 Å². The molecule has 3 rings (SSSR count). The van der Waals surface area contributed by atoms with E-state index in [2.05, 4.69) is 49.6 Å². The van der Waals surface area contributed by atoms with Gasteiger partial charge in [-0.3, -0.25) is 0 Å². The first kappa shape index (κ1) is 21.0. The van der Waals surface area contributed by atoms with Gasteiger partial charge in [-0.15, -0.1) is 6.58 Å². The number of hydrogen-bond acceptors (Lipinski definition) is 4. The molecule has 2 aromatic carbocycles. The van der Waals surface area contributed by atoms with Gasteiger partial charge in [0.05, 0.1) is 12.9 Å². The van der Waals surface area contributed by atoms with Crippen molar-refractivity contribution in [2.75, 3.05) is 26.6 Å². The molecule has 0 N–H and O–H groups in total. The topological polar surface area (TPSA) is 36.9 Å². The van der Waals surface area contributed by atoms with Crippen LogP contribution in [-0.2, 0) is 14.9 Å². The molecule has 0 amide bonds. The van der Waals surface area contributed by atoms with E-state index in [0.29, 0.717) is 19.8 Å². The Balaban J connectivity index is 1.69. The van der Waals surface area contributed by atoms with E-state index in [1.54, 1.807) is 6.08 Å². The molecule has 0 saturated heterocycles. The van der Waals surface area contributed by atoms with Gasteiger partial charge in [0, 0.05) is 5.41 Å². The Bertz CT molecular complexity index is 697. The summed E-state index contributed by atoms with van der Waals surface area (Å²) in [7, 11) is 0. The van der Waals surface area contributed by atoms with E-state index in [0.717, 1.165) is 24.3 Å². The van der Waals surface area contributed by atoms with Crippen LogP contribution in [0.25, 0.3) is 0 Å². The van der Waals surface area contributed by atoms with Crippen LogP contribution in [0.4, 0.5) is 0 Å². The molecule has 0 bridgehead atoms. The predicted octanol–water partition coefficient (Wildman–Crippen LogP) is 5.62.